The molecule has 0 spiro atoms. The van der Waals surface area contributed by atoms with Crippen molar-refractivity contribution in [1.82, 2.24) is 4.90 Å². The summed E-state index contributed by atoms with van der Waals surface area (Å²) in [5.74, 6) is 1.70. The van der Waals surface area contributed by atoms with Crippen LogP contribution in [0.3, 0.4) is 0 Å². The molecular formula is C33H37NO4S. The summed E-state index contributed by atoms with van der Waals surface area (Å²) in [6.45, 7) is 4.13. The minimum atomic E-state index is -0.351. The van der Waals surface area contributed by atoms with Gasteiger partial charge in [-0.1, -0.05) is 30.3 Å². The van der Waals surface area contributed by atoms with Gasteiger partial charge in [0.1, 0.15) is 24.4 Å². The van der Waals surface area contributed by atoms with Crippen LogP contribution in [-0.4, -0.2) is 50.8 Å². The quantitative estimate of drug-likeness (QED) is 0.0945. The molecule has 1 saturated heterocycles. The first-order valence-electron chi connectivity index (χ1n) is 13.9. The maximum absolute atomic E-state index is 10.6. The Labute approximate surface area is 235 Å². The molecule has 204 valence electrons. The molecule has 1 aliphatic heterocycles. The molecule has 0 N–H and O–H groups in total. The number of unbranched alkanes of at least 4 members (excludes halogenated alkanes) is 1. The van der Waals surface area contributed by atoms with E-state index in [2.05, 4.69) is 65.6 Å². The third-order valence-corrected chi connectivity index (χ3v) is 8.55. The maximum Gasteiger partial charge on any atom is 0.199 e. The minimum absolute atomic E-state index is 0.351. The van der Waals surface area contributed by atoms with Gasteiger partial charge in [-0.05, 0) is 103 Å². The Bertz CT molecular complexity index is 1330. The third-order valence-electron chi connectivity index (χ3n) is 7.29. The third kappa shape index (κ3) is 7.27. The number of carbonyl (C=O) groups excluding carboxylic acids is 1. The molecular weight excluding hydrogens is 506 g/mol. The predicted octanol–water partition coefficient (Wildman–Crippen LogP) is 7.35. The molecule has 3 aromatic carbocycles. The molecule has 1 atom stereocenters. The monoisotopic (exact) mass is 543 g/mol. The normalized spacial score (nSPS) is 14.5. The molecule has 0 aliphatic carbocycles. The van der Waals surface area contributed by atoms with E-state index in [0.717, 1.165) is 43.8 Å². The lowest BCUT2D eigenvalue weighted by atomic mass is 9.99. The average molecular weight is 544 g/mol. The van der Waals surface area contributed by atoms with Crippen LogP contribution in [0.25, 0.3) is 20.5 Å². The molecule has 0 saturated carbocycles. The predicted molar refractivity (Wildman–Crippen MR) is 159 cm³/mol. The number of hydrogen-bond donors (Lipinski definition) is 0. The van der Waals surface area contributed by atoms with Gasteiger partial charge in [-0.3, -0.25) is 4.90 Å². The van der Waals surface area contributed by atoms with Gasteiger partial charge in [-0.2, -0.15) is 0 Å². The fourth-order valence-electron chi connectivity index (χ4n) is 5.14. The van der Waals surface area contributed by atoms with Crippen molar-refractivity contribution in [3.8, 4) is 21.9 Å². The van der Waals surface area contributed by atoms with E-state index < -0.39 is 0 Å². The molecule has 0 unspecified atom stereocenters. The lowest BCUT2D eigenvalue weighted by Crippen LogP contribution is -2.25. The summed E-state index contributed by atoms with van der Waals surface area (Å²) < 4.78 is 18.8. The van der Waals surface area contributed by atoms with Gasteiger partial charge in [-0.15, -0.1) is 11.3 Å². The lowest BCUT2D eigenvalue weighted by Gasteiger charge is -2.17. The highest BCUT2D eigenvalue weighted by molar-refractivity contribution is 7.22. The molecule has 0 radical (unpaired) electrons. The first-order valence-corrected chi connectivity index (χ1v) is 14.7. The largest absolute Gasteiger partial charge is 0.492 e. The van der Waals surface area contributed by atoms with E-state index in [9.17, 15) is 4.79 Å². The number of aldehydes is 1. The van der Waals surface area contributed by atoms with Crippen LogP contribution in [0.15, 0.2) is 72.8 Å². The van der Waals surface area contributed by atoms with Crippen molar-refractivity contribution >= 4 is 27.7 Å². The van der Waals surface area contributed by atoms with Gasteiger partial charge in [0.2, 0.25) is 0 Å². The van der Waals surface area contributed by atoms with E-state index in [-0.39, 0.29) is 6.29 Å². The van der Waals surface area contributed by atoms with E-state index in [1.165, 1.54) is 57.6 Å². The van der Waals surface area contributed by atoms with Crippen LogP contribution in [0.5, 0.6) is 11.5 Å². The minimum Gasteiger partial charge on any atom is -0.492 e. The van der Waals surface area contributed by atoms with Gasteiger partial charge < -0.3 is 19.0 Å². The Morgan fingerprint density at radius 3 is 2.44 bits per heavy atom. The van der Waals surface area contributed by atoms with E-state index in [0.29, 0.717) is 12.8 Å². The summed E-state index contributed by atoms with van der Waals surface area (Å²) in [6, 6.07) is 25.5. The zero-order chi connectivity index (χ0) is 26.9. The van der Waals surface area contributed by atoms with Crippen molar-refractivity contribution in [2.45, 2.75) is 44.8 Å². The fraction of sp³-hybridized carbons (Fsp3) is 0.364. The molecule has 2 heterocycles. The molecule has 5 rings (SSSR count). The first-order chi connectivity index (χ1) is 19.2. The van der Waals surface area contributed by atoms with Crippen LogP contribution in [-0.2, 0) is 16.0 Å². The number of thiophene rings is 1. The lowest BCUT2D eigenvalue weighted by molar-refractivity contribution is -0.108. The van der Waals surface area contributed by atoms with Crippen LogP contribution in [0.4, 0.5) is 0 Å². The van der Waals surface area contributed by atoms with Crippen molar-refractivity contribution in [3.05, 3.63) is 83.9 Å². The number of ether oxygens (including phenoxy) is 3. The standard InChI is InChI=1S/C33H37NO4S/c1-36-32(10-4-7-22-35)38-28-15-11-25(12-16-28)24-30-29-8-2-3-9-31(29)39-33(30)26-13-17-27(18-14-26)37-23-21-34-19-5-6-20-34/h2-3,8-9,11-18,22,32H,4-7,10,19-21,23-24H2,1H3/t32-/m0/s1. The Balaban J connectivity index is 1.28. The number of fused-ring (bicyclic) bond motifs is 1. The first kappa shape index (κ1) is 27.4. The molecule has 1 fully saturated rings. The van der Waals surface area contributed by atoms with Crippen LogP contribution in [0.1, 0.15) is 43.2 Å². The number of methoxy groups -OCH3 is 1. The summed E-state index contributed by atoms with van der Waals surface area (Å²) in [6.07, 6.45) is 5.99. The highest BCUT2D eigenvalue weighted by atomic mass is 32.1. The van der Waals surface area contributed by atoms with Crippen molar-refractivity contribution in [2.75, 3.05) is 33.4 Å². The van der Waals surface area contributed by atoms with E-state index in [4.69, 9.17) is 14.2 Å². The molecule has 5 nitrogen and oxygen atoms in total. The molecule has 1 aromatic heterocycles. The Morgan fingerprint density at radius 1 is 0.949 bits per heavy atom. The van der Waals surface area contributed by atoms with Gasteiger partial charge in [0.15, 0.2) is 6.29 Å². The number of hydrogen-bond acceptors (Lipinski definition) is 6. The van der Waals surface area contributed by atoms with Crippen LogP contribution >= 0.6 is 11.3 Å². The SMILES string of the molecule is CO[C@H](CCCC=O)Oc1ccc(Cc2c(-c3ccc(OCCN4CCCC4)cc3)sc3ccccc23)cc1. The van der Waals surface area contributed by atoms with Crippen LogP contribution < -0.4 is 9.47 Å². The fourth-order valence-corrected chi connectivity index (χ4v) is 6.37. The van der Waals surface area contributed by atoms with E-state index >= 15 is 0 Å². The maximum atomic E-state index is 10.6. The number of nitrogens with zero attached hydrogens (tertiary/aromatic N) is 1. The van der Waals surface area contributed by atoms with Crippen LogP contribution in [0, 0.1) is 0 Å². The van der Waals surface area contributed by atoms with Gasteiger partial charge in [0, 0.05) is 36.1 Å². The van der Waals surface area contributed by atoms with Gasteiger partial charge in [-0.25, -0.2) is 0 Å². The highest BCUT2D eigenvalue weighted by Gasteiger charge is 2.16. The van der Waals surface area contributed by atoms with Gasteiger partial charge >= 0.3 is 0 Å². The molecule has 4 aromatic rings. The van der Waals surface area contributed by atoms with E-state index in [1.807, 2.05) is 23.5 Å². The number of carbonyl (C=O) groups is 1. The smallest absolute Gasteiger partial charge is 0.199 e. The Hall–Kier alpha value is -3.19. The van der Waals surface area contributed by atoms with Crippen molar-refractivity contribution in [3.63, 3.8) is 0 Å². The van der Waals surface area contributed by atoms with Crippen molar-refractivity contribution < 1.29 is 19.0 Å². The number of rotatable bonds is 14. The Kier molecular flexibility index (Phi) is 9.65. The summed E-state index contributed by atoms with van der Waals surface area (Å²) in [7, 11) is 1.64. The molecule has 6 heteroatoms. The zero-order valence-corrected chi connectivity index (χ0v) is 23.5. The average Bonchev–Trinajstić information content (AvgIpc) is 3.62. The summed E-state index contributed by atoms with van der Waals surface area (Å²) >= 11 is 1.85. The molecule has 39 heavy (non-hydrogen) atoms. The summed E-state index contributed by atoms with van der Waals surface area (Å²) in [5, 5.41) is 1.30. The Morgan fingerprint density at radius 2 is 1.69 bits per heavy atom. The summed E-state index contributed by atoms with van der Waals surface area (Å²) in [5.41, 5.74) is 3.79. The van der Waals surface area contributed by atoms with E-state index in [1.54, 1.807) is 7.11 Å². The second kappa shape index (κ2) is 13.7. The molecule has 0 amide bonds. The van der Waals surface area contributed by atoms with Crippen molar-refractivity contribution in [2.24, 2.45) is 0 Å². The van der Waals surface area contributed by atoms with Gasteiger partial charge in [0.05, 0.1) is 0 Å². The number of likely N-dealkylation sites (tertiary alicyclic amines) is 1. The molecule has 0 bridgehead atoms. The second-order valence-corrected chi connectivity index (χ2v) is 11.1. The highest BCUT2D eigenvalue weighted by Crippen LogP contribution is 2.40. The molecule has 1 aliphatic rings. The van der Waals surface area contributed by atoms with Gasteiger partial charge in [0.25, 0.3) is 0 Å². The van der Waals surface area contributed by atoms with Crippen molar-refractivity contribution in [1.29, 1.82) is 0 Å². The second-order valence-electron chi connectivity index (χ2n) is 10.0. The topological polar surface area (TPSA) is 48.0 Å². The zero-order valence-electron chi connectivity index (χ0n) is 22.6. The van der Waals surface area contributed by atoms with Crippen LogP contribution in [0.2, 0.25) is 0 Å². The summed E-state index contributed by atoms with van der Waals surface area (Å²) in [4.78, 5) is 14.4. The number of benzene rings is 3.